The molecule has 11 heteroatoms. The Morgan fingerprint density at radius 2 is 1.79 bits per heavy atom. The maximum atomic E-state index is 11.9. The molecule has 5 nitrogen and oxygen atoms in total. The lowest BCUT2D eigenvalue weighted by molar-refractivity contribution is -0.118. The highest BCUT2D eigenvalue weighted by Gasteiger charge is 2.09. The minimum atomic E-state index is -0.255. The van der Waals surface area contributed by atoms with Gasteiger partial charge in [-0.3, -0.25) is 4.79 Å². The van der Waals surface area contributed by atoms with Crippen molar-refractivity contribution in [3.05, 3.63) is 68.7 Å². The molecule has 2 aromatic carbocycles. The monoisotopic (exact) mass is 502 g/mol. The van der Waals surface area contributed by atoms with Gasteiger partial charge in [0, 0.05) is 16.3 Å². The maximum Gasteiger partial charge on any atom is 0.250 e. The first-order valence-corrected chi connectivity index (χ1v) is 12.0. The Hall–Kier alpha value is -1.29. The van der Waals surface area contributed by atoms with Gasteiger partial charge in [0.1, 0.15) is 0 Å². The van der Waals surface area contributed by atoms with Crippen LogP contribution in [0.4, 0.5) is 0 Å². The fourth-order valence-corrected chi connectivity index (χ4v) is 5.24. The van der Waals surface area contributed by atoms with Gasteiger partial charge in [-0.2, -0.15) is 5.10 Å². The molecule has 150 valence electrons. The second-order valence-corrected chi connectivity index (χ2v) is 10.1. The SMILES string of the molecule is O=C(CSc1nnc(SCc2ccc(Cl)cc2)s1)N/N=C\c1cccc(Cl)c1Cl. The molecule has 29 heavy (non-hydrogen) atoms. The van der Waals surface area contributed by atoms with Crippen molar-refractivity contribution in [2.24, 2.45) is 5.10 Å². The van der Waals surface area contributed by atoms with Crippen molar-refractivity contribution >= 4 is 81.8 Å². The van der Waals surface area contributed by atoms with Crippen molar-refractivity contribution in [2.45, 2.75) is 14.4 Å². The summed E-state index contributed by atoms with van der Waals surface area (Å²) in [5.74, 6) is 0.699. The summed E-state index contributed by atoms with van der Waals surface area (Å²) in [5.41, 5.74) is 4.23. The number of carbonyl (C=O) groups excluding carboxylic acids is 1. The summed E-state index contributed by atoms with van der Waals surface area (Å²) in [6.45, 7) is 0. The molecule has 0 fully saturated rings. The van der Waals surface area contributed by atoms with Crippen molar-refractivity contribution < 1.29 is 4.79 Å². The van der Waals surface area contributed by atoms with Gasteiger partial charge in [0.15, 0.2) is 8.68 Å². The van der Waals surface area contributed by atoms with E-state index in [4.69, 9.17) is 34.8 Å². The van der Waals surface area contributed by atoms with Crippen LogP contribution in [0.15, 0.2) is 56.2 Å². The molecule has 0 aliphatic heterocycles. The van der Waals surface area contributed by atoms with Gasteiger partial charge in [-0.1, -0.05) is 93.9 Å². The smallest absolute Gasteiger partial charge is 0.250 e. The van der Waals surface area contributed by atoms with Gasteiger partial charge in [-0.05, 0) is 23.8 Å². The number of benzene rings is 2. The minimum Gasteiger partial charge on any atom is -0.272 e. The summed E-state index contributed by atoms with van der Waals surface area (Å²) in [4.78, 5) is 11.9. The normalized spacial score (nSPS) is 11.1. The van der Waals surface area contributed by atoms with Gasteiger partial charge in [-0.25, -0.2) is 5.43 Å². The molecule has 1 heterocycles. The van der Waals surface area contributed by atoms with Gasteiger partial charge in [0.2, 0.25) is 0 Å². The first kappa shape index (κ1) is 22.4. The first-order valence-electron chi connectivity index (χ1n) is 8.11. The molecule has 0 saturated heterocycles. The number of rotatable bonds is 8. The third-order valence-corrected chi connectivity index (χ3v) is 7.71. The molecule has 0 bridgehead atoms. The summed E-state index contributed by atoms with van der Waals surface area (Å²) < 4.78 is 1.57. The summed E-state index contributed by atoms with van der Waals surface area (Å²) in [7, 11) is 0. The lowest BCUT2D eigenvalue weighted by atomic mass is 10.2. The third kappa shape index (κ3) is 7.16. The van der Waals surface area contributed by atoms with Crippen LogP contribution in [0.3, 0.4) is 0 Å². The van der Waals surface area contributed by atoms with Gasteiger partial charge in [0.25, 0.3) is 5.91 Å². The highest BCUT2D eigenvalue weighted by Crippen LogP contribution is 2.30. The molecule has 0 aliphatic rings. The molecular formula is C18H13Cl3N4OS3. The summed E-state index contributed by atoms with van der Waals surface area (Å²) in [5, 5.41) is 13.7. The van der Waals surface area contributed by atoms with Gasteiger partial charge < -0.3 is 0 Å². The predicted molar refractivity (Wildman–Crippen MR) is 124 cm³/mol. The van der Waals surface area contributed by atoms with E-state index in [1.54, 1.807) is 30.0 Å². The molecule has 0 spiro atoms. The van der Waals surface area contributed by atoms with E-state index in [1.807, 2.05) is 24.3 Å². The number of halogens is 3. The topological polar surface area (TPSA) is 67.2 Å². The molecule has 0 unspecified atom stereocenters. The number of hydrazone groups is 1. The van der Waals surface area contributed by atoms with Crippen molar-refractivity contribution in [3.8, 4) is 0 Å². The third-order valence-electron chi connectivity index (χ3n) is 3.36. The fraction of sp³-hybridized carbons (Fsp3) is 0.111. The van der Waals surface area contributed by atoms with E-state index in [9.17, 15) is 4.79 Å². The number of nitrogens with one attached hydrogen (secondary N) is 1. The van der Waals surface area contributed by atoms with Gasteiger partial charge in [-0.15, -0.1) is 10.2 Å². The number of amides is 1. The maximum absolute atomic E-state index is 11.9. The molecule has 1 amide bonds. The Morgan fingerprint density at radius 3 is 2.55 bits per heavy atom. The minimum absolute atomic E-state index is 0.178. The molecule has 0 aliphatic carbocycles. The summed E-state index contributed by atoms with van der Waals surface area (Å²) in [6, 6.07) is 12.9. The largest absolute Gasteiger partial charge is 0.272 e. The molecule has 1 N–H and O–H groups in total. The number of nitrogens with zero attached hydrogens (tertiary/aromatic N) is 3. The highest BCUT2D eigenvalue weighted by molar-refractivity contribution is 8.03. The zero-order chi connectivity index (χ0) is 20.6. The van der Waals surface area contributed by atoms with E-state index in [0.717, 1.165) is 20.0 Å². The molecule has 3 rings (SSSR count). The van der Waals surface area contributed by atoms with E-state index in [1.165, 1.54) is 29.3 Å². The lowest BCUT2D eigenvalue weighted by Crippen LogP contribution is -2.19. The van der Waals surface area contributed by atoms with E-state index in [2.05, 4.69) is 20.7 Å². The number of hydrogen-bond donors (Lipinski definition) is 1. The second-order valence-electron chi connectivity index (χ2n) is 5.47. The van der Waals surface area contributed by atoms with Crippen LogP contribution in [0.25, 0.3) is 0 Å². The van der Waals surface area contributed by atoms with Crippen molar-refractivity contribution in [1.29, 1.82) is 0 Å². The molecule has 0 saturated carbocycles. The zero-order valence-electron chi connectivity index (χ0n) is 14.6. The van der Waals surface area contributed by atoms with E-state index in [-0.39, 0.29) is 11.7 Å². The van der Waals surface area contributed by atoms with Crippen LogP contribution >= 0.6 is 69.7 Å². The van der Waals surface area contributed by atoms with Gasteiger partial charge in [0.05, 0.1) is 22.0 Å². The zero-order valence-corrected chi connectivity index (χ0v) is 19.4. The first-order chi connectivity index (χ1) is 14.0. The number of hydrogen-bond acceptors (Lipinski definition) is 7. The van der Waals surface area contributed by atoms with E-state index < -0.39 is 0 Å². The van der Waals surface area contributed by atoms with Gasteiger partial charge >= 0.3 is 0 Å². The van der Waals surface area contributed by atoms with E-state index in [0.29, 0.717) is 20.6 Å². The fourth-order valence-electron chi connectivity index (χ4n) is 1.99. The summed E-state index contributed by atoms with van der Waals surface area (Å²) in [6.07, 6.45) is 1.45. The average Bonchev–Trinajstić information content (AvgIpc) is 3.17. The molecular weight excluding hydrogens is 491 g/mol. The standard InChI is InChI=1S/C18H13Cl3N4OS3/c19-13-6-4-11(5-7-13)9-27-17-24-25-18(29-17)28-10-15(26)23-22-8-12-2-1-3-14(20)16(12)21/h1-8H,9-10H2,(H,23,26)/b22-8-. The van der Waals surface area contributed by atoms with Crippen molar-refractivity contribution in [2.75, 3.05) is 5.75 Å². The lowest BCUT2D eigenvalue weighted by Gasteiger charge is -2.00. The molecule has 0 radical (unpaired) electrons. The van der Waals surface area contributed by atoms with Crippen molar-refractivity contribution in [1.82, 2.24) is 15.6 Å². The number of aromatic nitrogens is 2. The quantitative estimate of drug-likeness (QED) is 0.231. The van der Waals surface area contributed by atoms with Crippen LogP contribution < -0.4 is 5.43 Å². The van der Waals surface area contributed by atoms with Crippen LogP contribution in [-0.2, 0) is 10.5 Å². The average molecular weight is 504 g/mol. The van der Waals surface area contributed by atoms with Crippen molar-refractivity contribution in [3.63, 3.8) is 0 Å². The van der Waals surface area contributed by atoms with Crippen LogP contribution in [0, 0.1) is 0 Å². The Kier molecular flexibility index (Phi) is 8.65. The van der Waals surface area contributed by atoms with Crippen LogP contribution in [-0.4, -0.2) is 28.1 Å². The summed E-state index contributed by atoms with van der Waals surface area (Å²) >= 11 is 22.2. The Bertz CT molecular complexity index is 1010. The Balaban J connectivity index is 1.43. The van der Waals surface area contributed by atoms with Crippen LogP contribution in [0.1, 0.15) is 11.1 Å². The molecule has 0 atom stereocenters. The van der Waals surface area contributed by atoms with E-state index >= 15 is 0 Å². The Morgan fingerprint density at radius 1 is 1.07 bits per heavy atom. The molecule has 1 aromatic heterocycles. The Labute approximate surface area is 195 Å². The number of carbonyl (C=O) groups is 1. The second kappa shape index (κ2) is 11.2. The number of thioether (sulfide) groups is 2. The van der Waals surface area contributed by atoms with Crippen LogP contribution in [0.2, 0.25) is 15.1 Å². The molecule has 3 aromatic rings. The van der Waals surface area contributed by atoms with Crippen LogP contribution in [0.5, 0.6) is 0 Å². The highest BCUT2D eigenvalue weighted by atomic mass is 35.5. The predicted octanol–water partition coefficient (Wildman–Crippen LogP) is 6.03.